The first-order chi connectivity index (χ1) is 12.6. The van der Waals surface area contributed by atoms with Gasteiger partial charge >= 0.3 is 6.03 Å². The van der Waals surface area contributed by atoms with Crippen LogP contribution in [0.1, 0.15) is 57.8 Å². The van der Waals surface area contributed by atoms with Crippen LogP contribution in [-0.2, 0) is 9.53 Å². The zero-order valence-corrected chi connectivity index (χ0v) is 15.8. The highest BCUT2D eigenvalue weighted by molar-refractivity contribution is 5.82. The summed E-state index contributed by atoms with van der Waals surface area (Å²) in [5.41, 5.74) is 6.22. The molecule has 0 spiro atoms. The maximum Gasteiger partial charge on any atom is 0.315 e. The molecule has 1 atom stereocenters. The molecule has 1 unspecified atom stereocenters. The Labute approximate surface area is 156 Å². The zero-order chi connectivity index (χ0) is 18.4. The van der Waals surface area contributed by atoms with Gasteiger partial charge in [-0.25, -0.2) is 4.79 Å². The first-order valence-electron chi connectivity index (χ1n) is 10.3. The number of nitrogens with zero attached hydrogens (tertiary/aromatic N) is 1. The van der Waals surface area contributed by atoms with Crippen molar-refractivity contribution >= 4 is 11.9 Å². The largest absolute Gasteiger partial charge is 0.381 e. The minimum atomic E-state index is -0.419. The summed E-state index contributed by atoms with van der Waals surface area (Å²) in [6, 6.07) is -0.0107. The van der Waals surface area contributed by atoms with Crippen molar-refractivity contribution in [3.63, 3.8) is 0 Å². The van der Waals surface area contributed by atoms with Gasteiger partial charge in [0.1, 0.15) is 0 Å². The minimum absolute atomic E-state index is 0.0550. The summed E-state index contributed by atoms with van der Waals surface area (Å²) >= 11 is 0. The molecule has 2 saturated heterocycles. The van der Waals surface area contributed by atoms with Gasteiger partial charge in [-0.15, -0.1) is 0 Å². The quantitative estimate of drug-likeness (QED) is 0.700. The average Bonchev–Trinajstić information content (AvgIpc) is 2.69. The van der Waals surface area contributed by atoms with Crippen LogP contribution in [0.15, 0.2) is 0 Å². The number of hydrogen-bond donors (Lipinski definition) is 3. The first-order valence-corrected chi connectivity index (χ1v) is 10.3. The molecule has 0 aromatic heterocycles. The van der Waals surface area contributed by atoms with Gasteiger partial charge in [0.2, 0.25) is 5.91 Å². The molecule has 1 aliphatic carbocycles. The van der Waals surface area contributed by atoms with Crippen molar-refractivity contribution in [1.82, 2.24) is 15.5 Å². The Kier molecular flexibility index (Phi) is 7.14. The van der Waals surface area contributed by atoms with E-state index in [-0.39, 0.29) is 23.9 Å². The van der Waals surface area contributed by atoms with Crippen molar-refractivity contribution in [3.05, 3.63) is 0 Å². The van der Waals surface area contributed by atoms with E-state index in [4.69, 9.17) is 10.5 Å². The molecular weight excluding hydrogens is 332 g/mol. The predicted octanol–water partition coefficient (Wildman–Crippen LogP) is 1.36. The highest BCUT2D eigenvalue weighted by atomic mass is 16.5. The minimum Gasteiger partial charge on any atom is -0.381 e. The fraction of sp³-hybridized carbons (Fsp3) is 0.895. The van der Waals surface area contributed by atoms with Crippen molar-refractivity contribution in [3.8, 4) is 0 Å². The topological polar surface area (TPSA) is 96.7 Å². The Morgan fingerprint density at radius 2 is 1.46 bits per heavy atom. The van der Waals surface area contributed by atoms with Gasteiger partial charge in [-0.1, -0.05) is 19.3 Å². The number of piperidine rings is 1. The van der Waals surface area contributed by atoms with E-state index < -0.39 is 6.04 Å². The van der Waals surface area contributed by atoms with Crippen LogP contribution in [0.25, 0.3) is 0 Å². The third-order valence-electron chi connectivity index (χ3n) is 6.14. The van der Waals surface area contributed by atoms with E-state index >= 15 is 0 Å². The van der Waals surface area contributed by atoms with Gasteiger partial charge in [0.25, 0.3) is 0 Å². The Morgan fingerprint density at radius 3 is 2.08 bits per heavy atom. The molecule has 3 rings (SSSR count). The van der Waals surface area contributed by atoms with Crippen molar-refractivity contribution in [2.75, 3.05) is 26.3 Å². The maximum atomic E-state index is 12.6. The Bertz CT molecular complexity index is 467. The summed E-state index contributed by atoms with van der Waals surface area (Å²) in [5, 5.41) is 6.18. The molecule has 0 aromatic rings. The predicted molar refractivity (Wildman–Crippen MR) is 99.7 cm³/mol. The normalized spacial score (nSPS) is 24.9. The number of likely N-dealkylation sites (tertiary alicyclic amines) is 1. The fourth-order valence-corrected chi connectivity index (χ4v) is 4.39. The molecule has 26 heavy (non-hydrogen) atoms. The van der Waals surface area contributed by atoms with Gasteiger partial charge in [0.15, 0.2) is 0 Å². The van der Waals surface area contributed by atoms with Gasteiger partial charge in [0, 0.05) is 38.4 Å². The maximum absolute atomic E-state index is 12.6. The number of rotatable bonds is 4. The third-order valence-corrected chi connectivity index (χ3v) is 6.14. The molecule has 0 radical (unpaired) electrons. The number of hydrogen-bond acceptors (Lipinski definition) is 4. The standard InChI is InChI=1S/C19H34N4O3/c20-17(14-8-12-26-13-9-14)18(24)23-10-6-16(7-11-23)22-19(25)21-15-4-2-1-3-5-15/h14-17H,1-13,20H2,(H2,21,22,25). The summed E-state index contributed by atoms with van der Waals surface area (Å²) in [5.74, 6) is 0.287. The van der Waals surface area contributed by atoms with Crippen molar-refractivity contribution < 1.29 is 14.3 Å². The Morgan fingerprint density at radius 1 is 0.885 bits per heavy atom. The number of amides is 3. The number of urea groups is 1. The van der Waals surface area contributed by atoms with Crippen LogP contribution in [0.2, 0.25) is 0 Å². The van der Waals surface area contributed by atoms with Crippen LogP contribution in [0.5, 0.6) is 0 Å². The number of ether oxygens (including phenoxy) is 1. The van der Waals surface area contributed by atoms with E-state index in [1.165, 1.54) is 19.3 Å². The second-order valence-corrected chi connectivity index (χ2v) is 8.03. The lowest BCUT2D eigenvalue weighted by Crippen LogP contribution is -2.54. The second-order valence-electron chi connectivity index (χ2n) is 8.03. The Balaban J connectivity index is 1.37. The number of carbonyl (C=O) groups excluding carboxylic acids is 2. The summed E-state index contributed by atoms with van der Waals surface area (Å²) in [7, 11) is 0. The van der Waals surface area contributed by atoms with Crippen molar-refractivity contribution in [2.24, 2.45) is 11.7 Å². The molecule has 0 bridgehead atoms. The van der Waals surface area contributed by atoms with E-state index in [1.54, 1.807) is 0 Å². The van der Waals surface area contributed by atoms with E-state index in [0.717, 1.165) is 38.5 Å². The van der Waals surface area contributed by atoms with Crippen LogP contribution in [0.3, 0.4) is 0 Å². The van der Waals surface area contributed by atoms with Crippen LogP contribution >= 0.6 is 0 Å². The molecule has 4 N–H and O–H groups in total. The van der Waals surface area contributed by atoms with Crippen molar-refractivity contribution in [2.45, 2.75) is 75.9 Å². The van der Waals surface area contributed by atoms with E-state index in [0.29, 0.717) is 32.3 Å². The van der Waals surface area contributed by atoms with E-state index in [2.05, 4.69) is 10.6 Å². The van der Waals surface area contributed by atoms with Gasteiger partial charge in [0.05, 0.1) is 6.04 Å². The number of carbonyl (C=O) groups is 2. The van der Waals surface area contributed by atoms with Gasteiger partial charge < -0.3 is 26.0 Å². The molecule has 148 valence electrons. The SMILES string of the molecule is NC(C(=O)N1CCC(NC(=O)NC2CCCCC2)CC1)C1CCOCC1. The smallest absolute Gasteiger partial charge is 0.315 e. The average molecular weight is 367 g/mol. The molecule has 2 aliphatic heterocycles. The van der Waals surface area contributed by atoms with Gasteiger partial charge in [-0.3, -0.25) is 4.79 Å². The van der Waals surface area contributed by atoms with Crippen LogP contribution < -0.4 is 16.4 Å². The lowest BCUT2D eigenvalue weighted by molar-refractivity contribution is -0.135. The molecule has 2 heterocycles. The third kappa shape index (κ3) is 5.33. The van der Waals surface area contributed by atoms with Crippen LogP contribution in [-0.4, -0.2) is 61.3 Å². The van der Waals surface area contributed by atoms with E-state index in [9.17, 15) is 9.59 Å². The zero-order valence-electron chi connectivity index (χ0n) is 15.8. The summed E-state index contributed by atoms with van der Waals surface area (Å²) in [4.78, 5) is 26.7. The second kappa shape index (κ2) is 9.55. The molecule has 3 aliphatic rings. The van der Waals surface area contributed by atoms with Crippen LogP contribution in [0.4, 0.5) is 4.79 Å². The summed E-state index contributed by atoms with van der Waals surface area (Å²) in [6.45, 7) is 2.75. The highest BCUT2D eigenvalue weighted by Crippen LogP contribution is 2.21. The molecule has 7 heteroatoms. The first kappa shape index (κ1) is 19.4. The molecule has 0 aromatic carbocycles. The van der Waals surface area contributed by atoms with Gasteiger partial charge in [-0.2, -0.15) is 0 Å². The summed E-state index contributed by atoms with van der Waals surface area (Å²) in [6.07, 6.45) is 9.20. The lowest BCUT2D eigenvalue weighted by atomic mass is 9.91. The Hall–Kier alpha value is -1.34. The monoisotopic (exact) mass is 366 g/mol. The molecule has 3 amide bonds. The van der Waals surface area contributed by atoms with E-state index in [1.807, 2.05) is 4.90 Å². The molecule has 7 nitrogen and oxygen atoms in total. The number of nitrogens with one attached hydrogen (secondary N) is 2. The molecule has 3 fully saturated rings. The number of nitrogens with two attached hydrogens (primary N) is 1. The lowest BCUT2D eigenvalue weighted by Gasteiger charge is -2.36. The fourth-order valence-electron chi connectivity index (χ4n) is 4.39. The van der Waals surface area contributed by atoms with Crippen LogP contribution in [0, 0.1) is 5.92 Å². The van der Waals surface area contributed by atoms with Crippen molar-refractivity contribution in [1.29, 1.82) is 0 Å². The highest BCUT2D eigenvalue weighted by Gasteiger charge is 2.32. The molecule has 1 saturated carbocycles. The summed E-state index contributed by atoms with van der Waals surface area (Å²) < 4.78 is 5.35. The van der Waals surface area contributed by atoms with Gasteiger partial charge in [-0.05, 0) is 44.4 Å². The molecular formula is C19H34N4O3.